The fourth-order valence-corrected chi connectivity index (χ4v) is 3.37. The molecule has 3 N–H and O–H groups in total. The molecule has 0 aliphatic carbocycles. The molecule has 1 heterocycles. The summed E-state index contributed by atoms with van der Waals surface area (Å²) in [7, 11) is -3.18. The minimum Gasteiger partial charge on any atom is -0.480 e. The molecule has 1 aliphatic rings. The van der Waals surface area contributed by atoms with Crippen LogP contribution in [0.5, 0.6) is 0 Å². The van der Waals surface area contributed by atoms with E-state index in [2.05, 4.69) is 5.32 Å². The smallest absolute Gasteiger partial charge is 0.323 e. The molecule has 19 heavy (non-hydrogen) atoms. The highest BCUT2D eigenvalue weighted by Crippen LogP contribution is 2.11. The molecule has 0 radical (unpaired) electrons. The Morgan fingerprint density at radius 2 is 1.68 bits per heavy atom. The molecule has 1 fully saturated rings. The number of aliphatic carboxylic acids is 2. The Bertz CT molecular complexity index is 471. The van der Waals surface area contributed by atoms with E-state index in [0.29, 0.717) is 4.90 Å². The first-order chi connectivity index (χ1) is 8.69. The van der Waals surface area contributed by atoms with Crippen molar-refractivity contribution in [1.29, 1.82) is 0 Å². The van der Waals surface area contributed by atoms with Crippen LogP contribution in [0.3, 0.4) is 0 Å². The number of carbonyl (C=O) groups is 3. The molecule has 1 rings (SSSR count). The quantitative estimate of drug-likeness (QED) is 0.551. The predicted octanol–water partition coefficient (Wildman–Crippen LogP) is -1.65. The van der Waals surface area contributed by atoms with Gasteiger partial charge in [0.2, 0.25) is 0 Å². The molecule has 108 valence electrons. The molecular formula is C9H14N2O7S. The van der Waals surface area contributed by atoms with Crippen molar-refractivity contribution in [2.75, 3.05) is 24.6 Å². The molecule has 1 atom stereocenters. The number of sulfone groups is 1. The summed E-state index contributed by atoms with van der Waals surface area (Å²) in [5.41, 5.74) is 0. The highest BCUT2D eigenvalue weighted by Gasteiger charge is 2.30. The third kappa shape index (κ3) is 5.12. The van der Waals surface area contributed by atoms with E-state index in [1.807, 2.05) is 0 Å². The number of nitrogens with zero attached hydrogens (tertiary/aromatic N) is 1. The van der Waals surface area contributed by atoms with Gasteiger partial charge in [-0.3, -0.25) is 9.59 Å². The van der Waals surface area contributed by atoms with E-state index in [1.54, 1.807) is 0 Å². The van der Waals surface area contributed by atoms with Crippen molar-refractivity contribution in [3.8, 4) is 0 Å². The summed E-state index contributed by atoms with van der Waals surface area (Å²) in [5, 5.41) is 19.5. The maximum absolute atomic E-state index is 11.7. The summed E-state index contributed by atoms with van der Waals surface area (Å²) in [6.07, 6.45) is 0.238. The van der Waals surface area contributed by atoms with Gasteiger partial charge in [-0.25, -0.2) is 13.2 Å². The molecule has 0 bridgehead atoms. The lowest BCUT2D eigenvalue weighted by Gasteiger charge is -2.21. The average Bonchev–Trinajstić information content (AvgIpc) is 2.55. The van der Waals surface area contributed by atoms with E-state index in [1.165, 1.54) is 0 Å². The maximum Gasteiger partial charge on any atom is 0.323 e. The first-order valence-corrected chi connectivity index (χ1v) is 7.21. The Morgan fingerprint density at radius 3 is 2.05 bits per heavy atom. The molecule has 1 saturated heterocycles. The molecular weight excluding hydrogens is 280 g/mol. The number of carboxylic acid groups (broad SMARTS) is 2. The topological polar surface area (TPSA) is 141 Å². The first kappa shape index (κ1) is 15.2. The highest BCUT2D eigenvalue weighted by atomic mass is 32.2. The number of hydrogen-bond donors (Lipinski definition) is 3. The van der Waals surface area contributed by atoms with Crippen molar-refractivity contribution in [2.45, 2.75) is 12.5 Å². The monoisotopic (exact) mass is 294 g/mol. The van der Waals surface area contributed by atoms with Crippen LogP contribution in [0, 0.1) is 0 Å². The van der Waals surface area contributed by atoms with Crippen molar-refractivity contribution in [1.82, 2.24) is 10.2 Å². The van der Waals surface area contributed by atoms with Gasteiger partial charge in [0.25, 0.3) is 0 Å². The SMILES string of the molecule is O=C(O)CN(CC(=O)O)C(=O)NC1CCS(=O)(=O)C1. The summed E-state index contributed by atoms with van der Waals surface area (Å²) in [6.45, 7) is -1.53. The average molecular weight is 294 g/mol. The van der Waals surface area contributed by atoms with Crippen LogP contribution in [0.2, 0.25) is 0 Å². The molecule has 0 saturated carbocycles. The zero-order chi connectivity index (χ0) is 14.6. The minimum atomic E-state index is -3.18. The van der Waals surface area contributed by atoms with Gasteiger partial charge in [0, 0.05) is 6.04 Å². The van der Waals surface area contributed by atoms with Crippen LogP contribution in [-0.2, 0) is 19.4 Å². The van der Waals surface area contributed by atoms with E-state index < -0.39 is 46.9 Å². The summed E-state index contributed by atoms with van der Waals surface area (Å²) >= 11 is 0. The summed E-state index contributed by atoms with van der Waals surface area (Å²) in [5.74, 6) is -2.96. The van der Waals surface area contributed by atoms with Gasteiger partial charge in [-0.2, -0.15) is 0 Å². The van der Waals surface area contributed by atoms with Gasteiger partial charge in [-0.05, 0) is 6.42 Å². The molecule has 2 amide bonds. The van der Waals surface area contributed by atoms with Crippen LogP contribution in [0.15, 0.2) is 0 Å². The Kier molecular flexibility index (Phi) is 4.70. The molecule has 0 spiro atoms. The zero-order valence-corrected chi connectivity index (χ0v) is 10.7. The number of carboxylic acids is 2. The second-order valence-corrected chi connectivity index (χ2v) is 6.42. The molecule has 0 aromatic carbocycles. The molecule has 10 heteroatoms. The largest absolute Gasteiger partial charge is 0.480 e. The van der Waals surface area contributed by atoms with Gasteiger partial charge in [0.1, 0.15) is 13.1 Å². The van der Waals surface area contributed by atoms with Crippen molar-refractivity contribution in [3.05, 3.63) is 0 Å². The van der Waals surface area contributed by atoms with Gasteiger partial charge >= 0.3 is 18.0 Å². The fraction of sp³-hybridized carbons (Fsp3) is 0.667. The first-order valence-electron chi connectivity index (χ1n) is 5.39. The summed E-state index contributed by atoms with van der Waals surface area (Å²) in [6, 6.07) is -1.51. The van der Waals surface area contributed by atoms with Crippen molar-refractivity contribution >= 4 is 27.8 Å². The van der Waals surface area contributed by atoms with Crippen LogP contribution in [0.25, 0.3) is 0 Å². The van der Waals surface area contributed by atoms with Crippen molar-refractivity contribution in [3.63, 3.8) is 0 Å². The number of nitrogens with one attached hydrogen (secondary N) is 1. The number of rotatable bonds is 5. The van der Waals surface area contributed by atoms with E-state index in [0.717, 1.165) is 0 Å². The summed E-state index contributed by atoms with van der Waals surface area (Å²) < 4.78 is 22.4. The lowest BCUT2D eigenvalue weighted by molar-refractivity contribution is -0.140. The maximum atomic E-state index is 11.7. The second kappa shape index (κ2) is 5.87. The minimum absolute atomic E-state index is 0.0458. The van der Waals surface area contributed by atoms with Crippen molar-refractivity contribution < 1.29 is 33.0 Å². The van der Waals surface area contributed by atoms with Gasteiger partial charge in [0.15, 0.2) is 9.84 Å². The van der Waals surface area contributed by atoms with E-state index >= 15 is 0 Å². The van der Waals surface area contributed by atoms with Crippen LogP contribution < -0.4 is 5.32 Å². The number of hydrogen-bond acceptors (Lipinski definition) is 5. The lowest BCUT2D eigenvalue weighted by atomic mass is 10.3. The lowest BCUT2D eigenvalue weighted by Crippen LogP contribution is -2.48. The fourth-order valence-electron chi connectivity index (χ4n) is 1.70. The third-order valence-corrected chi connectivity index (χ3v) is 4.27. The normalized spacial score (nSPS) is 20.7. The Hall–Kier alpha value is -1.84. The number of urea groups is 1. The van der Waals surface area contributed by atoms with Crippen LogP contribution >= 0.6 is 0 Å². The van der Waals surface area contributed by atoms with Crippen LogP contribution in [0.4, 0.5) is 4.79 Å². The standard InChI is InChI=1S/C9H14N2O7S/c12-7(13)3-11(4-8(14)15)9(16)10-6-1-2-19(17,18)5-6/h6H,1-5H2,(H,10,16)(H,12,13)(H,14,15). The molecule has 0 aromatic rings. The molecule has 1 unspecified atom stereocenters. The van der Waals surface area contributed by atoms with Gasteiger partial charge < -0.3 is 20.4 Å². The van der Waals surface area contributed by atoms with Gasteiger partial charge in [-0.1, -0.05) is 0 Å². The number of amides is 2. The van der Waals surface area contributed by atoms with Gasteiger partial charge in [-0.15, -0.1) is 0 Å². The number of carbonyl (C=O) groups excluding carboxylic acids is 1. The second-order valence-electron chi connectivity index (χ2n) is 4.19. The summed E-state index contributed by atoms with van der Waals surface area (Å²) in [4.78, 5) is 33.3. The van der Waals surface area contributed by atoms with Gasteiger partial charge in [0.05, 0.1) is 11.5 Å². The molecule has 0 aromatic heterocycles. The van der Waals surface area contributed by atoms with E-state index in [4.69, 9.17) is 10.2 Å². The Morgan fingerprint density at radius 1 is 1.16 bits per heavy atom. The molecule has 9 nitrogen and oxygen atoms in total. The third-order valence-electron chi connectivity index (χ3n) is 2.50. The van der Waals surface area contributed by atoms with Crippen molar-refractivity contribution in [2.24, 2.45) is 0 Å². The molecule has 1 aliphatic heterocycles. The zero-order valence-electron chi connectivity index (χ0n) is 9.90. The Balaban J connectivity index is 2.61. The highest BCUT2D eigenvalue weighted by molar-refractivity contribution is 7.91. The Labute approximate surface area is 109 Å². The van der Waals surface area contributed by atoms with E-state index in [-0.39, 0.29) is 17.9 Å². The van der Waals surface area contributed by atoms with Crippen LogP contribution in [-0.4, -0.2) is 72.1 Å². The van der Waals surface area contributed by atoms with Crippen LogP contribution in [0.1, 0.15) is 6.42 Å². The van der Waals surface area contributed by atoms with E-state index in [9.17, 15) is 22.8 Å². The predicted molar refractivity (Wildman–Crippen MR) is 62.4 cm³/mol.